The molecule has 2 heterocycles. The molecule has 1 fully saturated rings. The summed E-state index contributed by atoms with van der Waals surface area (Å²) in [6, 6.07) is 4.92. The third-order valence-corrected chi connectivity index (χ3v) is 4.39. The smallest absolute Gasteiger partial charge is 0.254 e. The zero-order chi connectivity index (χ0) is 18.0. The van der Waals surface area contributed by atoms with Crippen LogP contribution in [0.1, 0.15) is 29.0 Å². The van der Waals surface area contributed by atoms with Crippen molar-refractivity contribution in [2.45, 2.75) is 25.4 Å². The zero-order valence-corrected chi connectivity index (χ0v) is 13.9. The largest absolute Gasteiger partial charge is 0.504 e. The summed E-state index contributed by atoms with van der Waals surface area (Å²) in [7, 11) is 0. The average Bonchev–Trinajstić information content (AvgIpc) is 3.27. The van der Waals surface area contributed by atoms with Crippen LogP contribution in [-0.2, 0) is 11.3 Å². The Balaban J connectivity index is 1.72. The molecule has 1 aromatic heterocycles. The molecule has 0 unspecified atom stereocenters. The fourth-order valence-corrected chi connectivity index (χ4v) is 3.05. The standard InChI is InChI=1S/C17H16ClFN2O4/c18-12-7-10(8-13(19)15(12)22)17(24)21-5-1-4-14(21)16(23)20-9-11-3-2-6-25-11/h2-3,6-8,14,22H,1,4-5,9H2,(H,20,23)/t14-/m0/s1. The van der Waals surface area contributed by atoms with E-state index in [9.17, 15) is 19.1 Å². The van der Waals surface area contributed by atoms with Gasteiger partial charge in [-0.05, 0) is 37.1 Å². The second kappa shape index (κ2) is 7.14. The fourth-order valence-electron chi connectivity index (χ4n) is 2.84. The number of aromatic hydroxyl groups is 1. The normalized spacial score (nSPS) is 16.9. The van der Waals surface area contributed by atoms with Gasteiger partial charge >= 0.3 is 0 Å². The Morgan fingerprint density at radius 2 is 2.24 bits per heavy atom. The molecule has 8 heteroatoms. The van der Waals surface area contributed by atoms with Crippen LogP contribution < -0.4 is 5.32 Å². The number of benzene rings is 1. The number of hydrogen-bond donors (Lipinski definition) is 2. The molecule has 0 bridgehead atoms. The van der Waals surface area contributed by atoms with Crippen molar-refractivity contribution in [3.8, 4) is 5.75 Å². The van der Waals surface area contributed by atoms with E-state index in [2.05, 4.69) is 5.32 Å². The maximum atomic E-state index is 13.6. The molecule has 3 rings (SSSR count). The number of likely N-dealkylation sites (tertiary alicyclic amines) is 1. The minimum absolute atomic E-state index is 0.00830. The highest BCUT2D eigenvalue weighted by atomic mass is 35.5. The summed E-state index contributed by atoms with van der Waals surface area (Å²) in [6.07, 6.45) is 2.69. The summed E-state index contributed by atoms with van der Waals surface area (Å²) >= 11 is 5.73. The van der Waals surface area contributed by atoms with Crippen LogP contribution in [0.15, 0.2) is 34.9 Å². The van der Waals surface area contributed by atoms with Crippen molar-refractivity contribution in [3.05, 3.63) is 52.7 Å². The van der Waals surface area contributed by atoms with Crippen LogP contribution in [-0.4, -0.2) is 34.4 Å². The van der Waals surface area contributed by atoms with Crippen LogP contribution in [0.2, 0.25) is 5.02 Å². The maximum absolute atomic E-state index is 13.6. The number of nitrogens with one attached hydrogen (secondary N) is 1. The van der Waals surface area contributed by atoms with Crippen molar-refractivity contribution >= 4 is 23.4 Å². The SMILES string of the molecule is O=C(NCc1ccco1)[C@@H]1CCCN1C(=O)c1cc(F)c(O)c(Cl)c1. The van der Waals surface area contributed by atoms with Gasteiger partial charge in [0.1, 0.15) is 11.8 Å². The number of amides is 2. The number of hydrogen-bond acceptors (Lipinski definition) is 4. The lowest BCUT2D eigenvalue weighted by atomic mass is 10.1. The molecule has 0 aliphatic carbocycles. The molecule has 2 aromatic rings. The van der Waals surface area contributed by atoms with Crippen LogP contribution in [0.4, 0.5) is 4.39 Å². The lowest BCUT2D eigenvalue weighted by molar-refractivity contribution is -0.125. The van der Waals surface area contributed by atoms with Crippen molar-refractivity contribution in [2.75, 3.05) is 6.54 Å². The second-order valence-electron chi connectivity index (χ2n) is 5.74. The van der Waals surface area contributed by atoms with E-state index in [0.717, 1.165) is 6.07 Å². The number of rotatable bonds is 4. The molecule has 2 N–H and O–H groups in total. The van der Waals surface area contributed by atoms with E-state index >= 15 is 0 Å². The molecule has 0 spiro atoms. The summed E-state index contributed by atoms with van der Waals surface area (Å²) in [4.78, 5) is 26.4. The molecule has 0 radical (unpaired) electrons. The van der Waals surface area contributed by atoms with E-state index in [1.165, 1.54) is 17.2 Å². The van der Waals surface area contributed by atoms with E-state index in [-0.39, 0.29) is 23.0 Å². The minimum atomic E-state index is -0.978. The molecular formula is C17H16ClFN2O4. The summed E-state index contributed by atoms with van der Waals surface area (Å²) in [5.41, 5.74) is -0.00830. The van der Waals surface area contributed by atoms with Gasteiger partial charge in [-0.2, -0.15) is 0 Å². The van der Waals surface area contributed by atoms with E-state index in [1.54, 1.807) is 12.1 Å². The number of halogens is 2. The molecule has 1 atom stereocenters. The predicted molar refractivity (Wildman–Crippen MR) is 87.7 cm³/mol. The average molecular weight is 367 g/mol. The summed E-state index contributed by atoms with van der Waals surface area (Å²) in [5, 5.41) is 11.9. The van der Waals surface area contributed by atoms with E-state index in [0.29, 0.717) is 25.1 Å². The van der Waals surface area contributed by atoms with Gasteiger partial charge in [-0.15, -0.1) is 0 Å². The lowest BCUT2D eigenvalue weighted by Gasteiger charge is -2.24. The van der Waals surface area contributed by atoms with Gasteiger partial charge in [-0.3, -0.25) is 9.59 Å². The Labute approximate surface area is 148 Å². The Kier molecular flexibility index (Phi) is 4.94. The number of nitrogens with zero attached hydrogens (tertiary/aromatic N) is 1. The summed E-state index contributed by atoms with van der Waals surface area (Å²) in [6.45, 7) is 0.613. The molecule has 6 nitrogen and oxygen atoms in total. The Hall–Kier alpha value is -2.54. The topological polar surface area (TPSA) is 82.8 Å². The number of carbonyl (C=O) groups is 2. The first-order valence-corrected chi connectivity index (χ1v) is 8.14. The fraction of sp³-hybridized carbons (Fsp3) is 0.294. The van der Waals surface area contributed by atoms with Gasteiger partial charge in [0.25, 0.3) is 5.91 Å². The molecule has 2 amide bonds. The molecule has 1 aromatic carbocycles. The number of phenolic OH excluding ortho intramolecular Hbond substituents is 1. The summed E-state index contributed by atoms with van der Waals surface area (Å²) in [5.74, 6) is -1.87. The monoisotopic (exact) mass is 366 g/mol. The Morgan fingerprint density at radius 3 is 2.92 bits per heavy atom. The van der Waals surface area contributed by atoms with Gasteiger partial charge in [0.05, 0.1) is 17.8 Å². The first kappa shape index (κ1) is 17.3. The van der Waals surface area contributed by atoms with E-state index in [1.807, 2.05) is 0 Å². The third kappa shape index (κ3) is 3.61. The van der Waals surface area contributed by atoms with E-state index in [4.69, 9.17) is 16.0 Å². The quantitative estimate of drug-likeness (QED) is 0.871. The third-order valence-electron chi connectivity index (χ3n) is 4.10. The number of carbonyl (C=O) groups excluding carboxylic acids is 2. The predicted octanol–water partition coefficient (Wildman–Crippen LogP) is 2.70. The van der Waals surface area contributed by atoms with Gasteiger partial charge in [0, 0.05) is 12.1 Å². The van der Waals surface area contributed by atoms with Crippen LogP contribution in [0.25, 0.3) is 0 Å². The van der Waals surface area contributed by atoms with Crippen molar-refractivity contribution in [1.29, 1.82) is 0 Å². The molecule has 132 valence electrons. The van der Waals surface area contributed by atoms with Gasteiger partial charge < -0.3 is 19.7 Å². The molecule has 0 saturated carbocycles. The van der Waals surface area contributed by atoms with Gasteiger partial charge in [-0.25, -0.2) is 4.39 Å². The van der Waals surface area contributed by atoms with Crippen molar-refractivity contribution < 1.29 is 23.5 Å². The Morgan fingerprint density at radius 1 is 1.44 bits per heavy atom. The van der Waals surface area contributed by atoms with Gasteiger partial charge in [-0.1, -0.05) is 11.6 Å². The van der Waals surface area contributed by atoms with Crippen LogP contribution in [0.5, 0.6) is 5.75 Å². The number of phenols is 1. The van der Waals surface area contributed by atoms with Crippen LogP contribution >= 0.6 is 11.6 Å². The highest BCUT2D eigenvalue weighted by Gasteiger charge is 2.35. The zero-order valence-electron chi connectivity index (χ0n) is 13.2. The lowest BCUT2D eigenvalue weighted by Crippen LogP contribution is -2.45. The molecule has 1 saturated heterocycles. The molecule has 1 aliphatic heterocycles. The first-order valence-electron chi connectivity index (χ1n) is 7.76. The van der Waals surface area contributed by atoms with Crippen molar-refractivity contribution in [2.24, 2.45) is 0 Å². The van der Waals surface area contributed by atoms with Gasteiger partial charge in [0.15, 0.2) is 11.6 Å². The second-order valence-corrected chi connectivity index (χ2v) is 6.15. The number of furan rings is 1. The first-order chi connectivity index (χ1) is 12.0. The van der Waals surface area contributed by atoms with E-state index < -0.39 is 23.5 Å². The van der Waals surface area contributed by atoms with Crippen molar-refractivity contribution in [1.82, 2.24) is 10.2 Å². The van der Waals surface area contributed by atoms with Crippen LogP contribution in [0.3, 0.4) is 0 Å². The van der Waals surface area contributed by atoms with Gasteiger partial charge in [0.2, 0.25) is 5.91 Å². The maximum Gasteiger partial charge on any atom is 0.254 e. The highest BCUT2D eigenvalue weighted by molar-refractivity contribution is 6.32. The van der Waals surface area contributed by atoms with Crippen molar-refractivity contribution in [3.63, 3.8) is 0 Å². The molecular weight excluding hydrogens is 351 g/mol. The Bertz CT molecular complexity index is 771. The summed E-state index contributed by atoms with van der Waals surface area (Å²) < 4.78 is 18.8. The van der Waals surface area contributed by atoms with Crippen LogP contribution in [0, 0.1) is 5.82 Å². The minimum Gasteiger partial charge on any atom is -0.504 e. The highest BCUT2D eigenvalue weighted by Crippen LogP contribution is 2.29. The molecule has 25 heavy (non-hydrogen) atoms. The molecule has 1 aliphatic rings.